The van der Waals surface area contributed by atoms with Crippen molar-refractivity contribution in [1.82, 2.24) is 0 Å². The lowest BCUT2D eigenvalue weighted by Crippen LogP contribution is -1.96. The predicted octanol–water partition coefficient (Wildman–Crippen LogP) is 17.1. The van der Waals surface area contributed by atoms with E-state index in [0.717, 1.165) is 28.4 Å². The fourth-order valence-electron chi connectivity index (χ4n) is 9.87. The van der Waals surface area contributed by atoms with Crippen molar-refractivity contribution in [2.75, 3.05) is 0 Å². The second-order valence-electron chi connectivity index (χ2n) is 16.2. The summed E-state index contributed by atoms with van der Waals surface area (Å²) in [6, 6.07) is 56.4. The molecule has 1 heterocycles. The van der Waals surface area contributed by atoms with Crippen LogP contribution in [0.15, 0.2) is 156 Å². The summed E-state index contributed by atoms with van der Waals surface area (Å²) in [5.41, 5.74) is 8.50. The zero-order valence-electron chi connectivity index (χ0n) is 33.1. The quantitative estimate of drug-likeness (QED) is 0.0848. The molecule has 10 aromatic rings. The molecule has 0 N–H and O–H groups in total. The monoisotopic (exact) mass is 738 g/mol. The van der Waals surface area contributed by atoms with Crippen LogP contribution in [0.25, 0.3) is 98.1 Å². The summed E-state index contributed by atoms with van der Waals surface area (Å²) >= 11 is 0. The van der Waals surface area contributed by atoms with Crippen molar-refractivity contribution in [2.24, 2.45) is 0 Å². The van der Waals surface area contributed by atoms with Gasteiger partial charge in [-0.3, -0.25) is 0 Å². The predicted molar refractivity (Wildman–Crippen MR) is 248 cm³/mol. The van der Waals surface area contributed by atoms with Crippen LogP contribution >= 0.6 is 0 Å². The van der Waals surface area contributed by atoms with E-state index >= 15 is 0 Å². The highest BCUT2D eigenvalue weighted by Crippen LogP contribution is 2.49. The Bertz CT molecular complexity index is 2960. The fraction of sp³-hybridized carbons (Fsp3) is 0.214. The van der Waals surface area contributed by atoms with Gasteiger partial charge in [0.1, 0.15) is 11.2 Å². The third kappa shape index (κ3) is 6.44. The average Bonchev–Trinajstić information content (AvgIpc) is 3.61. The molecule has 0 saturated heterocycles. The molecule has 0 radical (unpaired) electrons. The van der Waals surface area contributed by atoms with Crippen molar-refractivity contribution in [3.8, 4) is 22.3 Å². The zero-order chi connectivity index (χ0) is 38.1. The number of aryl methyl sites for hydroxylation is 1. The van der Waals surface area contributed by atoms with Crippen LogP contribution in [0, 0.1) is 0 Å². The third-order valence-corrected chi connectivity index (χ3v) is 12.6. The summed E-state index contributed by atoms with van der Waals surface area (Å²) in [7, 11) is 0. The molecular weight excluding hydrogens is 689 g/mol. The Balaban J connectivity index is 1.11. The Morgan fingerprint density at radius 3 is 1.30 bits per heavy atom. The van der Waals surface area contributed by atoms with E-state index in [0.29, 0.717) is 0 Å². The second-order valence-corrected chi connectivity index (χ2v) is 16.2. The Labute approximate surface area is 335 Å². The molecule has 57 heavy (non-hydrogen) atoms. The minimum absolute atomic E-state index is 0.921. The van der Waals surface area contributed by atoms with E-state index in [4.69, 9.17) is 4.42 Å². The Kier molecular flexibility index (Phi) is 9.68. The van der Waals surface area contributed by atoms with Gasteiger partial charge in [0.15, 0.2) is 0 Å². The van der Waals surface area contributed by atoms with Crippen LogP contribution in [0.5, 0.6) is 0 Å². The number of unbranched alkanes of at least 4 members (excludes halogenated alkanes) is 9. The van der Waals surface area contributed by atoms with Crippen LogP contribution in [-0.4, -0.2) is 0 Å². The number of furan rings is 1. The summed E-state index contributed by atoms with van der Waals surface area (Å²) in [6.07, 6.45) is 14.7. The maximum absolute atomic E-state index is 6.46. The summed E-state index contributed by atoms with van der Waals surface area (Å²) < 4.78 is 6.46. The van der Waals surface area contributed by atoms with Gasteiger partial charge in [0.25, 0.3) is 0 Å². The molecule has 0 spiro atoms. The van der Waals surface area contributed by atoms with Gasteiger partial charge in [0.2, 0.25) is 0 Å². The lowest BCUT2D eigenvalue weighted by Gasteiger charge is -2.22. The van der Waals surface area contributed by atoms with Gasteiger partial charge in [0, 0.05) is 10.8 Å². The van der Waals surface area contributed by atoms with Gasteiger partial charge in [-0.2, -0.15) is 0 Å². The zero-order valence-corrected chi connectivity index (χ0v) is 33.1. The normalized spacial score (nSPS) is 12.0. The molecule has 1 nitrogen and oxygen atoms in total. The molecule has 0 aliphatic heterocycles. The van der Waals surface area contributed by atoms with Crippen molar-refractivity contribution in [3.05, 3.63) is 157 Å². The van der Waals surface area contributed by atoms with Gasteiger partial charge < -0.3 is 4.42 Å². The molecule has 0 bridgehead atoms. The maximum Gasteiger partial charge on any atom is 0.136 e. The van der Waals surface area contributed by atoms with Crippen LogP contribution in [0.1, 0.15) is 76.7 Å². The molecule has 1 heteroatoms. The van der Waals surface area contributed by atoms with Crippen LogP contribution in [0.2, 0.25) is 0 Å². The number of fused-ring (bicyclic) bond motifs is 8. The highest BCUT2D eigenvalue weighted by atomic mass is 16.3. The lowest BCUT2D eigenvalue weighted by atomic mass is 9.81. The molecule has 0 aliphatic rings. The smallest absolute Gasteiger partial charge is 0.136 e. The van der Waals surface area contributed by atoms with E-state index < -0.39 is 0 Å². The Morgan fingerprint density at radius 2 is 0.754 bits per heavy atom. The first-order valence-corrected chi connectivity index (χ1v) is 21.5. The number of hydrogen-bond acceptors (Lipinski definition) is 1. The summed E-state index contributed by atoms with van der Waals surface area (Å²) in [6.45, 7) is 2.30. The molecule has 0 saturated carbocycles. The first kappa shape index (κ1) is 35.5. The molecule has 280 valence electrons. The van der Waals surface area contributed by atoms with E-state index in [1.54, 1.807) is 0 Å². The largest absolute Gasteiger partial charge is 0.456 e. The van der Waals surface area contributed by atoms with Crippen LogP contribution in [-0.2, 0) is 6.42 Å². The minimum Gasteiger partial charge on any atom is -0.456 e. The van der Waals surface area contributed by atoms with Crippen LogP contribution < -0.4 is 0 Å². The van der Waals surface area contributed by atoms with Crippen molar-refractivity contribution in [2.45, 2.75) is 77.6 Å². The molecular formula is C56H50O. The molecule has 1 aromatic heterocycles. The van der Waals surface area contributed by atoms with E-state index in [2.05, 4.69) is 159 Å². The highest BCUT2D eigenvalue weighted by Gasteiger charge is 2.22. The maximum atomic E-state index is 6.46. The van der Waals surface area contributed by atoms with Gasteiger partial charge in [-0.25, -0.2) is 0 Å². The highest BCUT2D eigenvalue weighted by molar-refractivity contribution is 6.28. The number of hydrogen-bond donors (Lipinski definition) is 0. The van der Waals surface area contributed by atoms with Gasteiger partial charge >= 0.3 is 0 Å². The SMILES string of the molecule is CCCCCCCCCCCCc1c2ccccc2c(-c2c3ccccc3c(-c3ccc4oc5cc6ccccc6cc5c4c3)c3ccccc23)c2ccccc12. The molecule has 0 fully saturated rings. The second kappa shape index (κ2) is 15.5. The van der Waals surface area contributed by atoms with Crippen molar-refractivity contribution >= 4 is 75.8 Å². The van der Waals surface area contributed by atoms with Crippen LogP contribution in [0.4, 0.5) is 0 Å². The summed E-state index contributed by atoms with van der Waals surface area (Å²) in [4.78, 5) is 0. The topological polar surface area (TPSA) is 13.1 Å². The molecule has 9 aromatic carbocycles. The van der Waals surface area contributed by atoms with Crippen molar-refractivity contribution in [3.63, 3.8) is 0 Å². The number of benzene rings is 9. The average molecular weight is 739 g/mol. The van der Waals surface area contributed by atoms with Crippen molar-refractivity contribution in [1.29, 1.82) is 0 Å². The Morgan fingerprint density at radius 1 is 0.333 bits per heavy atom. The molecule has 0 aliphatic carbocycles. The van der Waals surface area contributed by atoms with Gasteiger partial charge in [0.05, 0.1) is 0 Å². The van der Waals surface area contributed by atoms with Crippen LogP contribution in [0.3, 0.4) is 0 Å². The molecule has 0 amide bonds. The number of rotatable bonds is 13. The van der Waals surface area contributed by atoms with Crippen molar-refractivity contribution < 1.29 is 4.42 Å². The van der Waals surface area contributed by atoms with E-state index in [1.807, 2.05) is 0 Å². The minimum atomic E-state index is 0.921. The first-order valence-electron chi connectivity index (χ1n) is 21.5. The standard InChI is InChI=1S/C56H50O/c1-2-3-4-5-6-7-8-9-10-11-24-41-42-25-14-16-27-44(42)55(45-28-17-15-26-43(41)45)56-48-31-20-18-29-46(48)54(47-30-19-21-32-49(47)56)40-33-34-52-50(36-40)51-35-38-22-12-13-23-39(38)37-53(51)57-52/h12-23,25-37H,2-11,24H2,1H3. The van der Waals surface area contributed by atoms with E-state index in [-0.39, 0.29) is 0 Å². The Hall–Kier alpha value is -5.92. The fourth-order valence-corrected chi connectivity index (χ4v) is 9.87. The van der Waals surface area contributed by atoms with E-state index in [1.165, 1.54) is 146 Å². The lowest BCUT2D eigenvalue weighted by molar-refractivity contribution is 0.557. The summed E-state index contributed by atoms with van der Waals surface area (Å²) in [5.74, 6) is 0. The van der Waals surface area contributed by atoms with Gasteiger partial charge in [-0.15, -0.1) is 0 Å². The van der Waals surface area contributed by atoms with Gasteiger partial charge in [-0.05, 0) is 119 Å². The van der Waals surface area contributed by atoms with E-state index in [9.17, 15) is 0 Å². The third-order valence-electron chi connectivity index (χ3n) is 12.6. The molecule has 10 rings (SSSR count). The first-order chi connectivity index (χ1) is 28.3. The molecule has 0 unspecified atom stereocenters. The molecule has 0 atom stereocenters. The summed E-state index contributed by atoms with van der Waals surface area (Å²) in [5, 5.41) is 15.3. The van der Waals surface area contributed by atoms with Gasteiger partial charge in [-0.1, -0.05) is 192 Å².